The van der Waals surface area contributed by atoms with E-state index in [-0.39, 0.29) is 0 Å². The van der Waals surface area contributed by atoms with Crippen molar-refractivity contribution in [3.05, 3.63) is 12.7 Å². The molecule has 2 N–H and O–H groups in total. The second-order valence-electron chi connectivity index (χ2n) is 2.68. The van der Waals surface area contributed by atoms with E-state index in [9.17, 15) is 0 Å². The van der Waals surface area contributed by atoms with E-state index in [4.69, 9.17) is 5.73 Å². The first kappa shape index (κ1) is 10.1. The maximum atomic E-state index is 5.53. The number of rotatable bonds is 5. The Bertz CT molecular complexity index is 282. The number of nitrogen functional groups attached to an aromatic ring is 1. The van der Waals surface area contributed by atoms with Crippen LogP contribution < -0.4 is 5.73 Å². The molecule has 0 aliphatic heterocycles. The van der Waals surface area contributed by atoms with Crippen molar-refractivity contribution in [2.45, 2.75) is 18.0 Å². The van der Waals surface area contributed by atoms with Gasteiger partial charge in [-0.05, 0) is 12.8 Å². The zero-order valence-electron chi connectivity index (χ0n) is 7.73. The lowest BCUT2D eigenvalue weighted by atomic mass is 10.3. The predicted molar refractivity (Wildman–Crippen MR) is 55.6 cm³/mol. The van der Waals surface area contributed by atoms with Crippen molar-refractivity contribution in [1.29, 1.82) is 0 Å². The molecule has 1 aromatic rings. The summed E-state index contributed by atoms with van der Waals surface area (Å²) in [5, 5.41) is 8.58. The molecule has 1 heterocycles. The van der Waals surface area contributed by atoms with Crippen LogP contribution in [0.5, 0.6) is 0 Å². The molecule has 0 fully saturated rings. The van der Waals surface area contributed by atoms with Gasteiger partial charge < -0.3 is 5.73 Å². The fourth-order valence-electron chi connectivity index (χ4n) is 0.843. The molecule has 72 valence electrons. The molecule has 0 atom stereocenters. The molecule has 0 aliphatic rings. The van der Waals surface area contributed by atoms with E-state index < -0.39 is 0 Å². The molecule has 5 heteroatoms. The molecule has 0 saturated heterocycles. The van der Waals surface area contributed by atoms with E-state index in [1.165, 1.54) is 0 Å². The Morgan fingerprint density at radius 1 is 1.62 bits per heavy atom. The Balaban J connectivity index is 2.36. The van der Waals surface area contributed by atoms with Crippen LogP contribution in [0, 0.1) is 0 Å². The van der Waals surface area contributed by atoms with Gasteiger partial charge in [0, 0.05) is 12.8 Å². The second kappa shape index (κ2) is 4.91. The summed E-state index contributed by atoms with van der Waals surface area (Å²) in [6.45, 7) is 3.66. The molecule has 0 saturated carbocycles. The molecule has 0 spiro atoms. The van der Waals surface area contributed by atoms with Crippen LogP contribution in [0.25, 0.3) is 0 Å². The van der Waals surface area contributed by atoms with Crippen molar-refractivity contribution >= 4 is 17.7 Å². The highest BCUT2D eigenvalue weighted by Crippen LogP contribution is 2.17. The number of hydrogen-bond donors (Lipinski definition) is 1. The zero-order chi connectivity index (χ0) is 9.68. The topological polar surface area (TPSA) is 56.7 Å². The van der Waals surface area contributed by atoms with Crippen LogP contribution in [-0.4, -0.2) is 20.5 Å². The number of anilines is 1. The summed E-state index contributed by atoms with van der Waals surface area (Å²) >= 11 is 1.67. The summed E-state index contributed by atoms with van der Waals surface area (Å²) < 4.78 is 1.79. The number of nitrogens with zero attached hydrogens (tertiary/aromatic N) is 3. The fraction of sp³-hybridized carbons (Fsp3) is 0.500. The molecule has 1 rings (SSSR count). The average molecular weight is 198 g/mol. The highest BCUT2D eigenvalue weighted by atomic mass is 32.2. The van der Waals surface area contributed by atoms with Gasteiger partial charge in [0.15, 0.2) is 5.16 Å². The smallest absolute Gasteiger partial charge is 0.222 e. The van der Waals surface area contributed by atoms with Crippen molar-refractivity contribution in [2.75, 3.05) is 11.5 Å². The Kier molecular flexibility index (Phi) is 3.82. The quantitative estimate of drug-likeness (QED) is 0.442. The van der Waals surface area contributed by atoms with Crippen molar-refractivity contribution in [2.24, 2.45) is 7.05 Å². The molecule has 0 unspecified atom stereocenters. The number of nitrogens with two attached hydrogens (primary N) is 1. The van der Waals surface area contributed by atoms with E-state index in [0.29, 0.717) is 5.95 Å². The first-order valence-corrected chi connectivity index (χ1v) is 5.13. The molecular formula is C8H14N4S. The van der Waals surface area contributed by atoms with E-state index >= 15 is 0 Å². The van der Waals surface area contributed by atoms with E-state index in [2.05, 4.69) is 16.8 Å². The van der Waals surface area contributed by atoms with Crippen molar-refractivity contribution in [3.63, 3.8) is 0 Å². The number of hydrogen-bond acceptors (Lipinski definition) is 4. The predicted octanol–water partition coefficient (Wildman–Crippen LogP) is 1.46. The van der Waals surface area contributed by atoms with Crippen molar-refractivity contribution < 1.29 is 0 Å². The number of allylic oxidation sites excluding steroid dienone is 1. The van der Waals surface area contributed by atoms with Crippen LogP contribution in [0.15, 0.2) is 17.8 Å². The average Bonchev–Trinajstić information content (AvgIpc) is 2.43. The molecule has 0 amide bonds. The van der Waals surface area contributed by atoms with Crippen LogP contribution in [0.4, 0.5) is 5.95 Å². The van der Waals surface area contributed by atoms with Gasteiger partial charge in [0.1, 0.15) is 0 Å². The molecule has 0 radical (unpaired) electrons. The summed E-state index contributed by atoms with van der Waals surface area (Å²) in [5.74, 6) is 1.49. The minimum atomic E-state index is 0.464. The molecule has 13 heavy (non-hydrogen) atoms. The van der Waals surface area contributed by atoms with Gasteiger partial charge in [0.25, 0.3) is 0 Å². The monoisotopic (exact) mass is 198 g/mol. The maximum Gasteiger partial charge on any atom is 0.222 e. The summed E-state index contributed by atoms with van der Waals surface area (Å²) in [4.78, 5) is 0. The Hall–Kier alpha value is -0.970. The van der Waals surface area contributed by atoms with Crippen LogP contribution in [-0.2, 0) is 7.05 Å². The third-order valence-corrected chi connectivity index (χ3v) is 2.76. The molecule has 0 aromatic carbocycles. The lowest BCUT2D eigenvalue weighted by molar-refractivity contribution is 0.794. The Morgan fingerprint density at radius 2 is 2.38 bits per heavy atom. The third kappa shape index (κ3) is 2.77. The van der Waals surface area contributed by atoms with E-state index in [0.717, 1.165) is 23.8 Å². The van der Waals surface area contributed by atoms with E-state index in [1.807, 2.05) is 13.1 Å². The van der Waals surface area contributed by atoms with Gasteiger partial charge in [-0.2, -0.15) is 0 Å². The van der Waals surface area contributed by atoms with Crippen molar-refractivity contribution in [1.82, 2.24) is 14.8 Å². The van der Waals surface area contributed by atoms with Gasteiger partial charge in [-0.25, -0.2) is 0 Å². The summed E-state index contributed by atoms with van der Waals surface area (Å²) in [7, 11) is 1.87. The molecule has 4 nitrogen and oxygen atoms in total. The van der Waals surface area contributed by atoms with Gasteiger partial charge >= 0.3 is 0 Å². The van der Waals surface area contributed by atoms with E-state index in [1.54, 1.807) is 16.3 Å². The normalized spacial score (nSPS) is 10.2. The Labute approximate surface area is 82.2 Å². The van der Waals surface area contributed by atoms with Gasteiger partial charge in [0.2, 0.25) is 5.95 Å². The molecular weight excluding hydrogens is 184 g/mol. The minimum absolute atomic E-state index is 0.464. The van der Waals surface area contributed by atoms with Crippen LogP contribution in [0.3, 0.4) is 0 Å². The van der Waals surface area contributed by atoms with Gasteiger partial charge in [-0.15, -0.1) is 16.8 Å². The van der Waals surface area contributed by atoms with Crippen molar-refractivity contribution in [3.8, 4) is 0 Å². The largest absolute Gasteiger partial charge is 0.368 e. The maximum absolute atomic E-state index is 5.53. The zero-order valence-corrected chi connectivity index (χ0v) is 8.55. The Morgan fingerprint density at radius 3 is 2.92 bits per heavy atom. The van der Waals surface area contributed by atoms with Gasteiger partial charge in [0.05, 0.1) is 0 Å². The van der Waals surface area contributed by atoms with Gasteiger partial charge in [-0.1, -0.05) is 17.8 Å². The van der Waals surface area contributed by atoms with Crippen LogP contribution in [0.1, 0.15) is 12.8 Å². The fourth-order valence-corrected chi connectivity index (χ4v) is 1.72. The first-order valence-electron chi connectivity index (χ1n) is 4.14. The lowest BCUT2D eigenvalue weighted by Crippen LogP contribution is -1.98. The summed E-state index contributed by atoms with van der Waals surface area (Å²) in [6.07, 6.45) is 4.08. The SMILES string of the molecule is C=CCCCSc1nnc(N)n1C. The first-order chi connectivity index (χ1) is 6.25. The lowest BCUT2D eigenvalue weighted by Gasteiger charge is -1.99. The van der Waals surface area contributed by atoms with Crippen LogP contribution >= 0.6 is 11.8 Å². The molecule has 0 aliphatic carbocycles. The molecule has 1 aromatic heterocycles. The number of thioether (sulfide) groups is 1. The minimum Gasteiger partial charge on any atom is -0.368 e. The summed E-state index contributed by atoms with van der Waals surface area (Å²) in [6, 6.07) is 0. The highest BCUT2D eigenvalue weighted by molar-refractivity contribution is 7.99. The van der Waals surface area contributed by atoms with Crippen LogP contribution in [0.2, 0.25) is 0 Å². The second-order valence-corrected chi connectivity index (χ2v) is 3.74. The summed E-state index contributed by atoms with van der Waals surface area (Å²) in [5.41, 5.74) is 5.53. The molecule has 0 bridgehead atoms. The standard InChI is InChI=1S/C8H14N4S/c1-3-4-5-6-13-8-11-10-7(9)12(8)2/h3H,1,4-6H2,2H3,(H2,9,10). The van der Waals surface area contributed by atoms with Gasteiger partial charge in [-0.3, -0.25) is 4.57 Å². The number of aromatic nitrogens is 3. The number of unbranched alkanes of at least 4 members (excludes halogenated alkanes) is 1. The third-order valence-electron chi connectivity index (χ3n) is 1.65. The highest BCUT2D eigenvalue weighted by Gasteiger charge is 2.04.